The number of aromatic amines is 1. The second-order valence-corrected chi connectivity index (χ2v) is 7.24. The van der Waals surface area contributed by atoms with Gasteiger partial charge in [-0.15, -0.1) is 0 Å². The number of H-pyrrole nitrogens is 1. The van der Waals surface area contributed by atoms with Crippen molar-refractivity contribution in [2.45, 2.75) is 39.0 Å². The van der Waals surface area contributed by atoms with Gasteiger partial charge in [-0.25, -0.2) is 0 Å². The van der Waals surface area contributed by atoms with E-state index >= 15 is 0 Å². The maximum Gasteiger partial charge on any atom is 0.257 e. The maximum absolute atomic E-state index is 12.8. The summed E-state index contributed by atoms with van der Waals surface area (Å²) >= 11 is 0. The van der Waals surface area contributed by atoms with Gasteiger partial charge in [-0.3, -0.25) is 9.89 Å². The summed E-state index contributed by atoms with van der Waals surface area (Å²) in [6.07, 6.45) is 7.61. The highest BCUT2D eigenvalue weighted by atomic mass is 16.3. The molecule has 0 aromatic carbocycles. The molecule has 0 spiro atoms. The fourth-order valence-electron chi connectivity index (χ4n) is 4.11. The quantitative estimate of drug-likeness (QED) is 0.856. The van der Waals surface area contributed by atoms with Crippen molar-refractivity contribution in [2.75, 3.05) is 39.3 Å². The van der Waals surface area contributed by atoms with E-state index in [4.69, 9.17) is 0 Å². The van der Waals surface area contributed by atoms with Gasteiger partial charge in [0.2, 0.25) is 0 Å². The van der Waals surface area contributed by atoms with E-state index in [0.717, 1.165) is 38.3 Å². The Balaban J connectivity index is 1.64. The molecule has 3 heterocycles. The molecule has 6 heteroatoms. The first kappa shape index (κ1) is 17.4. The summed E-state index contributed by atoms with van der Waals surface area (Å²) < 4.78 is 0. The zero-order chi connectivity index (χ0) is 16.9. The Labute approximate surface area is 144 Å². The van der Waals surface area contributed by atoms with Crippen LogP contribution in [0, 0.1) is 11.8 Å². The third-order valence-electron chi connectivity index (χ3n) is 5.59. The van der Waals surface area contributed by atoms with Crippen molar-refractivity contribution in [3.8, 4) is 0 Å². The SMILES string of the molecule is CCc1[nH]ncc1C(=O)N1C[C@@H](CN2CCCCCC2)[C@@H](CO)C1. The van der Waals surface area contributed by atoms with Crippen molar-refractivity contribution >= 4 is 5.91 Å². The van der Waals surface area contributed by atoms with Gasteiger partial charge in [0.05, 0.1) is 11.8 Å². The second-order valence-electron chi connectivity index (χ2n) is 7.24. The van der Waals surface area contributed by atoms with Gasteiger partial charge in [0, 0.05) is 37.9 Å². The fourth-order valence-corrected chi connectivity index (χ4v) is 4.11. The highest BCUT2D eigenvalue weighted by Gasteiger charge is 2.36. The molecule has 2 aliphatic heterocycles. The minimum Gasteiger partial charge on any atom is -0.396 e. The average Bonchev–Trinajstić information content (AvgIpc) is 3.15. The standard InChI is InChI=1S/C18H30N4O2/c1-2-17-16(9-19-20-17)18(24)22-11-14(15(12-22)13-23)10-21-7-5-3-4-6-8-21/h9,14-15,23H,2-8,10-13H2,1H3,(H,19,20)/t14-,15-/m1/s1. The lowest BCUT2D eigenvalue weighted by atomic mass is 9.96. The van der Waals surface area contributed by atoms with E-state index < -0.39 is 0 Å². The first-order chi connectivity index (χ1) is 11.7. The number of aliphatic hydroxyl groups excluding tert-OH is 1. The minimum atomic E-state index is 0.0532. The van der Waals surface area contributed by atoms with Crippen LogP contribution in [0.3, 0.4) is 0 Å². The molecule has 24 heavy (non-hydrogen) atoms. The molecule has 1 amide bonds. The predicted molar refractivity (Wildman–Crippen MR) is 92.8 cm³/mol. The van der Waals surface area contributed by atoms with E-state index in [1.54, 1.807) is 6.20 Å². The van der Waals surface area contributed by atoms with E-state index in [-0.39, 0.29) is 18.4 Å². The van der Waals surface area contributed by atoms with Crippen LogP contribution in [0.5, 0.6) is 0 Å². The van der Waals surface area contributed by atoms with Crippen molar-refractivity contribution in [2.24, 2.45) is 11.8 Å². The Kier molecular flexibility index (Phi) is 5.89. The molecular formula is C18H30N4O2. The van der Waals surface area contributed by atoms with Gasteiger partial charge >= 0.3 is 0 Å². The largest absolute Gasteiger partial charge is 0.396 e. The Morgan fingerprint density at radius 1 is 1.25 bits per heavy atom. The molecular weight excluding hydrogens is 304 g/mol. The molecule has 2 saturated heterocycles. The molecule has 6 nitrogen and oxygen atoms in total. The number of nitrogens with zero attached hydrogens (tertiary/aromatic N) is 3. The molecule has 0 unspecified atom stereocenters. The van der Waals surface area contributed by atoms with E-state index in [1.165, 1.54) is 25.7 Å². The van der Waals surface area contributed by atoms with Crippen LogP contribution in [-0.2, 0) is 6.42 Å². The number of aromatic nitrogens is 2. The third kappa shape index (κ3) is 3.81. The van der Waals surface area contributed by atoms with Gasteiger partial charge in [0.15, 0.2) is 0 Å². The number of hydrogen-bond donors (Lipinski definition) is 2. The molecule has 3 rings (SSSR count). The number of carbonyl (C=O) groups is 1. The summed E-state index contributed by atoms with van der Waals surface area (Å²) in [5.41, 5.74) is 1.58. The van der Waals surface area contributed by atoms with Gasteiger partial charge in [0.25, 0.3) is 5.91 Å². The molecule has 2 N–H and O–H groups in total. The molecule has 2 aliphatic rings. The lowest BCUT2D eigenvalue weighted by Crippen LogP contribution is -2.35. The van der Waals surface area contributed by atoms with Gasteiger partial charge in [-0.05, 0) is 38.3 Å². The van der Waals surface area contributed by atoms with Crippen LogP contribution in [-0.4, -0.2) is 70.3 Å². The molecule has 0 radical (unpaired) electrons. The number of carbonyl (C=O) groups excluding carboxylic acids is 1. The van der Waals surface area contributed by atoms with Crippen LogP contribution in [0.4, 0.5) is 0 Å². The number of rotatable bonds is 5. The molecule has 1 aromatic heterocycles. The average molecular weight is 334 g/mol. The number of likely N-dealkylation sites (tertiary alicyclic amines) is 2. The number of aliphatic hydroxyl groups is 1. The summed E-state index contributed by atoms with van der Waals surface area (Å²) in [5, 5.41) is 16.7. The van der Waals surface area contributed by atoms with Crippen LogP contribution in [0.25, 0.3) is 0 Å². The monoisotopic (exact) mass is 334 g/mol. The van der Waals surface area contributed by atoms with Crippen LogP contribution in [0.2, 0.25) is 0 Å². The van der Waals surface area contributed by atoms with Crippen LogP contribution >= 0.6 is 0 Å². The van der Waals surface area contributed by atoms with Crippen molar-refractivity contribution in [1.29, 1.82) is 0 Å². The summed E-state index contributed by atoms with van der Waals surface area (Å²) in [4.78, 5) is 17.3. The Morgan fingerprint density at radius 2 is 1.96 bits per heavy atom. The van der Waals surface area contributed by atoms with E-state index in [1.807, 2.05) is 11.8 Å². The summed E-state index contributed by atoms with van der Waals surface area (Å²) in [6, 6.07) is 0. The molecule has 2 atom stereocenters. The lowest BCUT2D eigenvalue weighted by molar-refractivity contribution is 0.0778. The van der Waals surface area contributed by atoms with E-state index in [2.05, 4.69) is 15.1 Å². The number of aryl methyl sites for hydroxylation is 1. The van der Waals surface area contributed by atoms with Gasteiger partial charge in [-0.2, -0.15) is 5.10 Å². The summed E-state index contributed by atoms with van der Waals surface area (Å²) in [6.45, 7) is 6.90. The Bertz CT molecular complexity index is 537. The van der Waals surface area contributed by atoms with Crippen molar-refractivity contribution in [3.63, 3.8) is 0 Å². The Hall–Kier alpha value is -1.40. The van der Waals surface area contributed by atoms with Gasteiger partial charge < -0.3 is 14.9 Å². The first-order valence-electron chi connectivity index (χ1n) is 9.37. The zero-order valence-electron chi connectivity index (χ0n) is 14.7. The van der Waals surface area contributed by atoms with Crippen molar-refractivity contribution < 1.29 is 9.90 Å². The molecule has 0 aliphatic carbocycles. The maximum atomic E-state index is 12.8. The third-order valence-corrected chi connectivity index (χ3v) is 5.59. The Morgan fingerprint density at radius 3 is 2.62 bits per heavy atom. The molecule has 2 fully saturated rings. The van der Waals surface area contributed by atoms with Crippen LogP contribution < -0.4 is 0 Å². The molecule has 1 aromatic rings. The number of nitrogens with one attached hydrogen (secondary N) is 1. The van der Waals surface area contributed by atoms with E-state index in [9.17, 15) is 9.90 Å². The molecule has 134 valence electrons. The predicted octanol–water partition coefficient (Wildman–Crippen LogP) is 1.53. The van der Waals surface area contributed by atoms with Crippen molar-refractivity contribution in [1.82, 2.24) is 20.0 Å². The smallest absolute Gasteiger partial charge is 0.257 e. The molecule has 0 bridgehead atoms. The summed E-state index contributed by atoms with van der Waals surface area (Å²) in [7, 11) is 0. The highest BCUT2D eigenvalue weighted by molar-refractivity contribution is 5.95. The first-order valence-corrected chi connectivity index (χ1v) is 9.37. The normalized spacial score (nSPS) is 25.8. The topological polar surface area (TPSA) is 72.5 Å². The lowest BCUT2D eigenvalue weighted by Gasteiger charge is -2.26. The van der Waals surface area contributed by atoms with E-state index in [0.29, 0.717) is 18.0 Å². The second kappa shape index (κ2) is 8.12. The molecule has 0 saturated carbocycles. The zero-order valence-corrected chi connectivity index (χ0v) is 14.7. The number of amides is 1. The summed E-state index contributed by atoms with van der Waals surface area (Å²) in [5.74, 6) is 0.612. The number of hydrogen-bond acceptors (Lipinski definition) is 4. The minimum absolute atomic E-state index is 0.0532. The van der Waals surface area contributed by atoms with Gasteiger partial charge in [-0.1, -0.05) is 19.8 Å². The fraction of sp³-hybridized carbons (Fsp3) is 0.778. The van der Waals surface area contributed by atoms with Crippen LogP contribution in [0.1, 0.15) is 48.7 Å². The van der Waals surface area contributed by atoms with Crippen molar-refractivity contribution in [3.05, 3.63) is 17.5 Å². The highest BCUT2D eigenvalue weighted by Crippen LogP contribution is 2.27. The van der Waals surface area contributed by atoms with Crippen LogP contribution in [0.15, 0.2) is 6.20 Å². The van der Waals surface area contributed by atoms with Gasteiger partial charge in [0.1, 0.15) is 0 Å².